The van der Waals surface area contributed by atoms with Gasteiger partial charge in [0.05, 0.1) is 11.9 Å². The average Bonchev–Trinajstić information content (AvgIpc) is 3.45. The topological polar surface area (TPSA) is 221 Å². The average molecular weight is 677 g/mol. The fourth-order valence-corrected chi connectivity index (χ4v) is 7.26. The Kier molecular flexibility index (Phi) is 8.59. The maximum Gasteiger partial charge on any atom is 0.352 e. The van der Waals surface area contributed by atoms with E-state index in [0.717, 1.165) is 33.4 Å². The molecule has 7 N–H and O–H groups in total. The highest BCUT2D eigenvalue weighted by Gasteiger charge is 2.65. The predicted molar refractivity (Wildman–Crippen MR) is 161 cm³/mol. The molecule has 3 amide bonds. The minimum atomic E-state index is -1.87. The van der Waals surface area contributed by atoms with Gasteiger partial charge in [0.25, 0.3) is 11.8 Å². The third-order valence-corrected chi connectivity index (χ3v) is 9.44. The van der Waals surface area contributed by atoms with E-state index in [-0.39, 0.29) is 33.6 Å². The Morgan fingerprint density at radius 2 is 2.02 bits per heavy atom. The summed E-state index contributed by atoms with van der Waals surface area (Å²) in [5, 5.41) is 36.0. The molecule has 1 unspecified atom stereocenters. The number of β-lactam (4-membered cyclic amide) rings is 1. The van der Waals surface area contributed by atoms with Crippen molar-refractivity contribution < 1.29 is 43.6 Å². The summed E-state index contributed by atoms with van der Waals surface area (Å²) in [4.78, 5) is 69.8. The van der Waals surface area contributed by atoms with E-state index in [4.69, 9.17) is 18.0 Å². The molecule has 45 heavy (non-hydrogen) atoms. The summed E-state index contributed by atoms with van der Waals surface area (Å²) in [6.45, 7) is -0.467. The van der Waals surface area contributed by atoms with Crippen LogP contribution in [-0.2, 0) is 20.9 Å². The summed E-state index contributed by atoms with van der Waals surface area (Å²) in [7, 11) is 0. The van der Waals surface area contributed by atoms with E-state index in [1.165, 1.54) is 5.38 Å². The van der Waals surface area contributed by atoms with Crippen molar-refractivity contribution in [2.45, 2.75) is 23.5 Å². The lowest BCUT2D eigenvalue weighted by Crippen LogP contribution is -2.80. The number of carbonyl (C=O) groups excluding carboxylic acids is 3. The lowest BCUT2D eigenvalue weighted by Gasteiger charge is -2.55. The van der Waals surface area contributed by atoms with Crippen LogP contribution in [0.25, 0.3) is 5.57 Å². The molecule has 19 heteroatoms. The fraction of sp³-hybridized carbons (Fsp3) is 0.231. The monoisotopic (exact) mass is 676 g/mol. The highest BCUT2D eigenvalue weighted by atomic mass is 32.2. The molecule has 234 valence electrons. The van der Waals surface area contributed by atoms with Crippen LogP contribution in [0.1, 0.15) is 27.8 Å². The summed E-state index contributed by atoms with van der Waals surface area (Å²) in [6.07, 6.45) is 3.77. The maximum absolute atomic E-state index is 13.7. The molecule has 5 heterocycles. The van der Waals surface area contributed by atoms with E-state index < -0.39 is 64.2 Å². The first-order chi connectivity index (χ1) is 21.4. The number of nitrogens with one attached hydrogen (secondary N) is 2. The number of nitrogens with two attached hydrogens (primary N) is 1. The molecule has 2 aliphatic rings. The van der Waals surface area contributed by atoms with E-state index in [1.54, 1.807) is 29.1 Å². The Bertz CT molecular complexity index is 1830. The number of rotatable bonds is 10. The molecule has 2 aliphatic heterocycles. The molecule has 1 fully saturated rings. The number of thiazole rings is 1. The number of hydrogen-bond acceptors (Lipinski definition) is 12. The number of nitrogens with zero attached hydrogens (tertiary/aromatic N) is 4. The maximum atomic E-state index is 13.7. The number of halogens is 1. The number of aromatic hydroxyl groups is 1. The number of carbonyl (C=O) groups is 4. The number of carboxylic acids is 1. The van der Waals surface area contributed by atoms with Gasteiger partial charge in [-0.25, -0.2) is 18.7 Å². The zero-order valence-electron chi connectivity index (χ0n) is 22.7. The number of pyridine rings is 2. The smallest absolute Gasteiger partial charge is 0.352 e. The van der Waals surface area contributed by atoms with Gasteiger partial charge >= 0.3 is 5.97 Å². The van der Waals surface area contributed by atoms with Crippen molar-refractivity contribution in [2.75, 3.05) is 18.2 Å². The van der Waals surface area contributed by atoms with Gasteiger partial charge in [-0.2, -0.15) is 4.73 Å². The lowest BCUT2D eigenvalue weighted by atomic mass is 9.87. The Balaban J connectivity index is 1.45. The SMILES string of the molecule is Nc1nc(C(NC(=O)c2cc(=O)c(O)cn2O)C(=O)N[C@@]2(C=S)C(=O)N3C(C(=O)O)=C(c4cc[n+](CCF)cc4)CS[C@@H]32)cs1. The molecule has 5 rings (SSSR count). The number of hydrogen-bond donors (Lipinski definition) is 6. The van der Waals surface area contributed by atoms with Crippen LogP contribution in [0.4, 0.5) is 9.52 Å². The number of carboxylic acid groups (broad SMARTS) is 1. The van der Waals surface area contributed by atoms with Crippen molar-refractivity contribution in [3.8, 4) is 5.75 Å². The van der Waals surface area contributed by atoms with Crippen molar-refractivity contribution in [3.05, 3.63) is 75.0 Å². The molecule has 3 atom stereocenters. The predicted octanol–water partition coefficient (Wildman–Crippen LogP) is -0.176. The van der Waals surface area contributed by atoms with E-state index in [9.17, 15) is 43.8 Å². The quantitative estimate of drug-likeness (QED) is 0.0713. The van der Waals surface area contributed by atoms with Crippen molar-refractivity contribution in [1.82, 2.24) is 25.2 Å². The van der Waals surface area contributed by atoms with Gasteiger partial charge in [0.15, 0.2) is 41.4 Å². The molecular formula is C26H23FN7O8S3+. The van der Waals surface area contributed by atoms with Gasteiger partial charge in [-0.1, -0.05) is 12.2 Å². The van der Waals surface area contributed by atoms with Crippen LogP contribution < -0.4 is 26.4 Å². The summed E-state index contributed by atoms with van der Waals surface area (Å²) in [6, 6.07) is 2.24. The van der Waals surface area contributed by atoms with Gasteiger partial charge in [0.1, 0.15) is 23.4 Å². The van der Waals surface area contributed by atoms with E-state index in [0.29, 0.717) is 23.4 Å². The summed E-state index contributed by atoms with van der Waals surface area (Å²) < 4.78 is 14.5. The lowest BCUT2D eigenvalue weighted by molar-refractivity contribution is -0.696. The van der Waals surface area contributed by atoms with Crippen molar-refractivity contribution >= 4 is 75.1 Å². The second-order valence-electron chi connectivity index (χ2n) is 9.73. The van der Waals surface area contributed by atoms with Crippen LogP contribution in [0.3, 0.4) is 0 Å². The van der Waals surface area contributed by atoms with Gasteiger partial charge < -0.3 is 31.8 Å². The molecular weight excluding hydrogens is 654 g/mol. The Morgan fingerprint density at radius 3 is 2.62 bits per heavy atom. The normalized spacial score (nSPS) is 19.7. The number of anilines is 1. The summed E-state index contributed by atoms with van der Waals surface area (Å²) in [5.74, 6) is -5.06. The van der Waals surface area contributed by atoms with E-state index >= 15 is 0 Å². The molecule has 1 saturated heterocycles. The molecule has 15 nitrogen and oxygen atoms in total. The van der Waals surface area contributed by atoms with Crippen molar-refractivity contribution in [3.63, 3.8) is 0 Å². The van der Waals surface area contributed by atoms with Crippen LogP contribution in [0, 0.1) is 0 Å². The molecule has 0 radical (unpaired) electrons. The number of thiocarbonyl (C=S) groups is 1. The minimum absolute atomic E-state index is 0.0407. The number of fused-ring (bicyclic) bond motifs is 1. The third-order valence-electron chi connectivity index (χ3n) is 7.03. The van der Waals surface area contributed by atoms with Crippen LogP contribution >= 0.6 is 35.3 Å². The highest BCUT2D eigenvalue weighted by molar-refractivity contribution is 8.00. The first-order valence-corrected chi connectivity index (χ1v) is 15.2. The number of aliphatic carboxylic acids is 1. The molecule has 0 bridgehead atoms. The summed E-state index contributed by atoms with van der Waals surface area (Å²) in [5.41, 5.74) is 2.75. The van der Waals surface area contributed by atoms with Gasteiger partial charge in [-0.15, -0.1) is 23.1 Å². The van der Waals surface area contributed by atoms with E-state index in [2.05, 4.69) is 15.6 Å². The number of amides is 3. The number of alkyl halides is 1. The standard InChI is InChI=1S/C26H22FN7O8S3/c27-3-6-32-4-1-12(2-5-32)13-9-44-24-26(11-43,23(41)34(24)19(13)22(39)40)31-21(38)18(14-10-45-25(28)29-14)30-20(37)15-7-16(35)17(36)8-33(15)42/h1-2,4-5,7-8,10-11,18,24,42H,3,6,9H2,(H5-,28,29,30,31,36,37,38,39,40)/p+1/t18?,24-,26+/m1/s1. The number of aromatic nitrogens is 3. The molecule has 3 aromatic heterocycles. The second kappa shape index (κ2) is 12.3. The summed E-state index contributed by atoms with van der Waals surface area (Å²) >= 11 is 7.26. The molecule has 0 spiro atoms. The van der Waals surface area contributed by atoms with E-state index in [1.807, 2.05) is 0 Å². The van der Waals surface area contributed by atoms with Crippen LogP contribution in [0.15, 0.2) is 52.7 Å². The number of aryl methyl sites for hydroxylation is 1. The van der Waals surface area contributed by atoms with Gasteiger partial charge in [0, 0.05) is 40.3 Å². The molecule has 0 saturated carbocycles. The van der Waals surface area contributed by atoms with Gasteiger partial charge in [-0.05, 0) is 5.56 Å². The number of thioether (sulfide) groups is 1. The molecule has 3 aromatic rings. The van der Waals surface area contributed by atoms with Crippen LogP contribution in [0.2, 0.25) is 0 Å². The molecule has 0 aromatic carbocycles. The largest absolute Gasteiger partial charge is 0.503 e. The Hall–Kier alpha value is -4.88. The van der Waals surface area contributed by atoms with Crippen LogP contribution in [0.5, 0.6) is 5.75 Å². The zero-order valence-corrected chi connectivity index (χ0v) is 25.2. The van der Waals surface area contributed by atoms with Gasteiger partial charge in [0.2, 0.25) is 11.3 Å². The van der Waals surface area contributed by atoms with Gasteiger partial charge in [-0.3, -0.25) is 24.1 Å². The third kappa shape index (κ3) is 5.60. The first-order valence-electron chi connectivity index (χ1n) is 12.8. The van der Waals surface area contributed by atoms with Crippen molar-refractivity contribution in [2.24, 2.45) is 0 Å². The Morgan fingerprint density at radius 1 is 1.31 bits per heavy atom. The molecule has 0 aliphatic carbocycles. The van der Waals surface area contributed by atoms with Crippen molar-refractivity contribution in [1.29, 1.82) is 0 Å². The zero-order chi connectivity index (χ0) is 32.6. The Labute approximate surface area is 265 Å². The minimum Gasteiger partial charge on any atom is -0.503 e. The first kappa shape index (κ1) is 31.5. The number of nitrogen functional groups attached to an aromatic ring is 1. The fourth-order valence-electron chi connectivity index (χ4n) is 4.83. The second-order valence-corrected chi connectivity index (χ2v) is 11.9. The van der Waals surface area contributed by atoms with Crippen LogP contribution in [-0.4, -0.2) is 82.4 Å². The highest BCUT2D eigenvalue weighted by Crippen LogP contribution is 2.47.